The molecule has 2 rings (SSSR count). The zero-order chi connectivity index (χ0) is 18.2. The van der Waals surface area contributed by atoms with Crippen LogP contribution in [0.25, 0.3) is 0 Å². The van der Waals surface area contributed by atoms with Gasteiger partial charge in [0.2, 0.25) is 0 Å². The fourth-order valence-corrected chi connectivity index (χ4v) is 2.55. The van der Waals surface area contributed by atoms with Gasteiger partial charge in [-0.25, -0.2) is 4.79 Å². The zero-order valence-electron chi connectivity index (χ0n) is 14.4. The summed E-state index contributed by atoms with van der Waals surface area (Å²) in [6, 6.07) is 11.5. The van der Waals surface area contributed by atoms with Gasteiger partial charge in [0.1, 0.15) is 0 Å². The molecule has 0 heterocycles. The number of nitrogens with zero attached hydrogens (tertiary/aromatic N) is 1. The fourth-order valence-electron chi connectivity index (χ4n) is 2.10. The Morgan fingerprint density at radius 1 is 1.24 bits per heavy atom. The summed E-state index contributed by atoms with van der Waals surface area (Å²) in [4.78, 5) is 16.0. The van der Waals surface area contributed by atoms with E-state index >= 15 is 0 Å². The molecule has 2 aromatic rings. The van der Waals surface area contributed by atoms with Crippen LogP contribution in [0, 0.1) is 6.92 Å². The van der Waals surface area contributed by atoms with Crippen LogP contribution in [0.4, 0.5) is 5.69 Å². The second-order valence-electron chi connectivity index (χ2n) is 5.21. The number of aliphatic imine (C=N–C) groups is 1. The van der Waals surface area contributed by atoms with Crippen molar-refractivity contribution in [3.8, 4) is 11.5 Å². The maximum absolute atomic E-state index is 11.6. The first-order valence-corrected chi connectivity index (χ1v) is 8.59. The van der Waals surface area contributed by atoms with Crippen molar-refractivity contribution in [3.63, 3.8) is 0 Å². The third-order valence-electron chi connectivity index (χ3n) is 3.29. The van der Waals surface area contributed by atoms with Crippen LogP contribution in [-0.2, 0) is 9.53 Å². The van der Waals surface area contributed by atoms with Gasteiger partial charge >= 0.3 is 5.97 Å². The molecule has 0 aromatic heterocycles. The SMILES string of the molecule is CCOC(=O)COc1c(/C=N\c2ccc(C)cc2)cc(Br)cc1OC. The Labute approximate surface area is 155 Å². The number of carbonyl (C=O) groups excluding carboxylic acids is 1. The van der Waals surface area contributed by atoms with Crippen molar-refractivity contribution >= 4 is 33.8 Å². The maximum Gasteiger partial charge on any atom is 0.344 e. The standard InChI is InChI=1S/C19H20BrNO4/c1-4-24-18(22)12-25-19-14(9-15(20)10-17(19)23-3)11-21-16-7-5-13(2)6-8-16/h5-11H,4,12H2,1-3H3/b21-11-. The lowest BCUT2D eigenvalue weighted by Crippen LogP contribution is -2.15. The molecule has 5 nitrogen and oxygen atoms in total. The molecule has 0 N–H and O–H groups in total. The quantitative estimate of drug-likeness (QED) is 0.503. The smallest absolute Gasteiger partial charge is 0.344 e. The number of halogens is 1. The second kappa shape index (κ2) is 9.22. The number of benzene rings is 2. The molecule has 0 saturated heterocycles. The predicted molar refractivity (Wildman–Crippen MR) is 101 cm³/mol. The molecule has 0 aliphatic carbocycles. The Morgan fingerprint density at radius 3 is 2.60 bits per heavy atom. The summed E-state index contributed by atoms with van der Waals surface area (Å²) in [5, 5.41) is 0. The first kappa shape index (κ1) is 19.0. The van der Waals surface area contributed by atoms with Gasteiger partial charge in [-0.3, -0.25) is 4.99 Å². The van der Waals surface area contributed by atoms with E-state index in [2.05, 4.69) is 20.9 Å². The third kappa shape index (κ3) is 5.60. The van der Waals surface area contributed by atoms with Crippen molar-refractivity contribution in [2.45, 2.75) is 13.8 Å². The Kier molecular flexibility index (Phi) is 7.01. The van der Waals surface area contributed by atoms with Crippen LogP contribution in [0.15, 0.2) is 45.9 Å². The van der Waals surface area contributed by atoms with Gasteiger partial charge in [-0.1, -0.05) is 33.6 Å². The molecule has 0 aliphatic heterocycles. The highest BCUT2D eigenvalue weighted by Crippen LogP contribution is 2.34. The van der Waals surface area contributed by atoms with Crippen LogP contribution < -0.4 is 9.47 Å². The fraction of sp³-hybridized carbons (Fsp3) is 0.263. The topological polar surface area (TPSA) is 57.1 Å². The van der Waals surface area contributed by atoms with Gasteiger partial charge in [0.05, 0.1) is 19.4 Å². The van der Waals surface area contributed by atoms with E-state index in [1.54, 1.807) is 26.3 Å². The van der Waals surface area contributed by atoms with E-state index in [1.165, 1.54) is 5.56 Å². The van der Waals surface area contributed by atoms with E-state index in [0.717, 1.165) is 10.2 Å². The van der Waals surface area contributed by atoms with E-state index in [0.29, 0.717) is 23.7 Å². The zero-order valence-corrected chi connectivity index (χ0v) is 16.0. The van der Waals surface area contributed by atoms with Gasteiger partial charge in [0, 0.05) is 16.3 Å². The molecule has 2 aromatic carbocycles. The summed E-state index contributed by atoms with van der Waals surface area (Å²) >= 11 is 3.44. The number of carbonyl (C=O) groups is 1. The molecule has 0 atom stereocenters. The molecule has 0 saturated carbocycles. The maximum atomic E-state index is 11.6. The van der Waals surface area contributed by atoms with Crippen molar-refractivity contribution in [1.29, 1.82) is 0 Å². The van der Waals surface area contributed by atoms with Gasteiger partial charge in [0.15, 0.2) is 18.1 Å². The highest BCUT2D eigenvalue weighted by atomic mass is 79.9. The van der Waals surface area contributed by atoms with E-state index in [4.69, 9.17) is 14.2 Å². The number of rotatable bonds is 7. The summed E-state index contributed by atoms with van der Waals surface area (Å²) in [5.41, 5.74) is 2.68. The molecule has 0 bridgehead atoms. The Balaban J connectivity index is 2.29. The van der Waals surface area contributed by atoms with E-state index < -0.39 is 5.97 Å². The largest absolute Gasteiger partial charge is 0.493 e. The molecule has 6 heteroatoms. The van der Waals surface area contributed by atoms with Crippen LogP contribution in [0.5, 0.6) is 11.5 Å². The van der Waals surface area contributed by atoms with E-state index in [-0.39, 0.29) is 6.61 Å². The minimum atomic E-state index is -0.436. The number of hydrogen-bond donors (Lipinski definition) is 0. The predicted octanol–water partition coefficient (Wildman–Crippen LogP) is 4.46. The van der Waals surface area contributed by atoms with Crippen molar-refractivity contribution in [3.05, 3.63) is 52.0 Å². The Morgan fingerprint density at radius 2 is 1.96 bits per heavy atom. The van der Waals surface area contributed by atoms with Crippen molar-refractivity contribution in [2.75, 3.05) is 20.3 Å². The molecule has 132 valence electrons. The summed E-state index contributed by atoms with van der Waals surface area (Å²) in [6.45, 7) is 3.88. The molecule has 0 radical (unpaired) electrons. The molecular formula is C19H20BrNO4. The molecule has 0 amide bonds. The van der Waals surface area contributed by atoms with Crippen molar-refractivity contribution < 1.29 is 19.0 Å². The number of methoxy groups -OCH3 is 1. The third-order valence-corrected chi connectivity index (χ3v) is 3.75. The molecule has 0 unspecified atom stereocenters. The highest BCUT2D eigenvalue weighted by Gasteiger charge is 2.14. The van der Waals surface area contributed by atoms with Gasteiger partial charge in [0.25, 0.3) is 0 Å². The van der Waals surface area contributed by atoms with Gasteiger partial charge < -0.3 is 14.2 Å². The minimum absolute atomic E-state index is 0.197. The lowest BCUT2D eigenvalue weighted by Gasteiger charge is -2.13. The summed E-state index contributed by atoms with van der Waals surface area (Å²) in [5.74, 6) is 0.507. The van der Waals surface area contributed by atoms with Gasteiger partial charge in [-0.05, 0) is 38.1 Å². The summed E-state index contributed by atoms with van der Waals surface area (Å²) < 4.78 is 16.7. The van der Waals surface area contributed by atoms with Crippen molar-refractivity contribution in [2.24, 2.45) is 4.99 Å². The van der Waals surface area contributed by atoms with Crippen LogP contribution in [-0.4, -0.2) is 32.5 Å². The van der Waals surface area contributed by atoms with Crippen LogP contribution >= 0.6 is 15.9 Å². The van der Waals surface area contributed by atoms with E-state index in [9.17, 15) is 4.79 Å². The van der Waals surface area contributed by atoms with Gasteiger partial charge in [-0.15, -0.1) is 0 Å². The second-order valence-corrected chi connectivity index (χ2v) is 6.13. The molecule has 0 aliphatic rings. The molecule has 0 fully saturated rings. The number of hydrogen-bond acceptors (Lipinski definition) is 5. The summed E-state index contributed by atoms with van der Waals surface area (Å²) in [6.07, 6.45) is 1.68. The van der Waals surface area contributed by atoms with Crippen LogP contribution in [0.3, 0.4) is 0 Å². The molecular weight excluding hydrogens is 386 g/mol. The molecule has 25 heavy (non-hydrogen) atoms. The lowest BCUT2D eigenvalue weighted by atomic mass is 10.2. The lowest BCUT2D eigenvalue weighted by molar-refractivity contribution is -0.145. The molecule has 0 spiro atoms. The summed E-state index contributed by atoms with van der Waals surface area (Å²) in [7, 11) is 1.54. The van der Waals surface area contributed by atoms with E-state index in [1.807, 2.05) is 37.3 Å². The van der Waals surface area contributed by atoms with Crippen molar-refractivity contribution in [1.82, 2.24) is 0 Å². The Bertz CT molecular complexity index is 757. The number of aryl methyl sites for hydroxylation is 1. The minimum Gasteiger partial charge on any atom is -0.493 e. The highest BCUT2D eigenvalue weighted by molar-refractivity contribution is 9.10. The number of esters is 1. The van der Waals surface area contributed by atoms with Crippen LogP contribution in [0.2, 0.25) is 0 Å². The van der Waals surface area contributed by atoms with Crippen LogP contribution in [0.1, 0.15) is 18.1 Å². The average molecular weight is 406 g/mol. The van der Waals surface area contributed by atoms with Gasteiger partial charge in [-0.2, -0.15) is 0 Å². The Hall–Kier alpha value is -2.34. The first-order valence-electron chi connectivity index (χ1n) is 7.80. The monoisotopic (exact) mass is 405 g/mol. The average Bonchev–Trinajstić information content (AvgIpc) is 2.60. The normalized spacial score (nSPS) is 10.7. The number of ether oxygens (including phenoxy) is 3. The first-order chi connectivity index (χ1) is 12.0.